The summed E-state index contributed by atoms with van der Waals surface area (Å²) < 4.78 is 7.82. The molecular formula is C22H29N3O3. The van der Waals surface area contributed by atoms with Gasteiger partial charge in [0.15, 0.2) is 0 Å². The van der Waals surface area contributed by atoms with E-state index in [4.69, 9.17) is 4.74 Å². The van der Waals surface area contributed by atoms with Crippen LogP contribution in [0.3, 0.4) is 0 Å². The molecule has 2 amide bonds. The van der Waals surface area contributed by atoms with E-state index >= 15 is 0 Å². The average molecular weight is 383 g/mol. The van der Waals surface area contributed by atoms with E-state index in [0.717, 1.165) is 29.3 Å². The molecule has 6 nitrogen and oxygen atoms in total. The second-order valence-electron chi connectivity index (χ2n) is 8.28. The number of piperidine rings is 1. The first-order valence-corrected chi connectivity index (χ1v) is 10.3. The van der Waals surface area contributed by atoms with Crippen LogP contribution in [0.1, 0.15) is 49.9 Å². The summed E-state index contributed by atoms with van der Waals surface area (Å²) in [5, 5.41) is 0.988. The van der Waals surface area contributed by atoms with Crippen molar-refractivity contribution in [2.24, 2.45) is 7.05 Å². The fourth-order valence-corrected chi connectivity index (χ4v) is 4.62. The van der Waals surface area contributed by atoms with Gasteiger partial charge in [0.1, 0.15) is 5.60 Å². The van der Waals surface area contributed by atoms with Crippen LogP contribution in [0.2, 0.25) is 0 Å². The first kappa shape index (κ1) is 18.8. The van der Waals surface area contributed by atoms with E-state index in [0.29, 0.717) is 32.5 Å². The summed E-state index contributed by atoms with van der Waals surface area (Å²) >= 11 is 0. The molecular weight excluding hydrogens is 354 g/mol. The van der Waals surface area contributed by atoms with Gasteiger partial charge >= 0.3 is 6.09 Å². The quantitative estimate of drug-likeness (QED) is 0.807. The van der Waals surface area contributed by atoms with E-state index < -0.39 is 5.60 Å². The standard InChI is InChI=1S/C22H29N3O3/c1-4-7-16(2)25-15-22(28-21(25)27)10-12-24(13-11-22)20(26)18-14-23(3)19-9-6-5-8-17(18)19/h5-6,8-9,14,16H,4,7,10-13,15H2,1-3H3/t16-/m1/s1. The van der Waals surface area contributed by atoms with Crippen molar-refractivity contribution in [3.05, 3.63) is 36.0 Å². The largest absolute Gasteiger partial charge is 0.441 e. The molecule has 1 spiro atoms. The van der Waals surface area contributed by atoms with Crippen molar-refractivity contribution >= 4 is 22.9 Å². The van der Waals surface area contributed by atoms with Crippen molar-refractivity contribution in [1.82, 2.24) is 14.4 Å². The maximum Gasteiger partial charge on any atom is 0.410 e. The predicted molar refractivity (Wildman–Crippen MR) is 108 cm³/mol. The van der Waals surface area contributed by atoms with Gasteiger partial charge in [-0.05, 0) is 19.4 Å². The highest BCUT2D eigenvalue weighted by Crippen LogP contribution is 2.35. The summed E-state index contributed by atoms with van der Waals surface area (Å²) in [6.07, 6.45) is 5.15. The molecule has 150 valence electrons. The van der Waals surface area contributed by atoms with Crippen molar-refractivity contribution in [2.45, 2.75) is 51.2 Å². The Morgan fingerprint density at radius 3 is 2.68 bits per heavy atom. The molecule has 0 aliphatic carbocycles. The second kappa shape index (κ2) is 7.15. The predicted octanol–water partition coefficient (Wildman–Crippen LogP) is 3.79. The van der Waals surface area contributed by atoms with Gasteiger partial charge in [-0.25, -0.2) is 4.79 Å². The Morgan fingerprint density at radius 2 is 1.96 bits per heavy atom. The van der Waals surface area contributed by atoms with E-state index in [9.17, 15) is 9.59 Å². The van der Waals surface area contributed by atoms with Crippen LogP contribution in [0.15, 0.2) is 30.5 Å². The Labute approximate surface area is 166 Å². The van der Waals surface area contributed by atoms with Crippen LogP contribution < -0.4 is 0 Å². The molecule has 6 heteroatoms. The van der Waals surface area contributed by atoms with E-state index in [-0.39, 0.29) is 18.0 Å². The lowest BCUT2D eigenvalue weighted by Gasteiger charge is -2.37. The number of hydrogen-bond donors (Lipinski definition) is 0. The number of aromatic nitrogens is 1. The van der Waals surface area contributed by atoms with Crippen LogP contribution in [-0.4, -0.2) is 57.6 Å². The highest BCUT2D eigenvalue weighted by Gasteiger charge is 2.48. The lowest BCUT2D eigenvalue weighted by atomic mass is 9.90. The molecule has 28 heavy (non-hydrogen) atoms. The van der Waals surface area contributed by atoms with Crippen molar-refractivity contribution in [2.75, 3.05) is 19.6 Å². The normalized spacial score (nSPS) is 20.0. The maximum atomic E-state index is 13.1. The zero-order valence-electron chi connectivity index (χ0n) is 17.0. The molecule has 2 aliphatic rings. The van der Waals surface area contributed by atoms with Crippen LogP contribution in [0.4, 0.5) is 4.79 Å². The molecule has 2 aromatic rings. The number of hydrogen-bond acceptors (Lipinski definition) is 3. The Balaban J connectivity index is 1.46. The minimum Gasteiger partial charge on any atom is -0.441 e. The molecule has 1 aromatic carbocycles. The molecule has 3 heterocycles. The topological polar surface area (TPSA) is 54.8 Å². The first-order valence-electron chi connectivity index (χ1n) is 10.3. The number of likely N-dealkylation sites (tertiary alicyclic amines) is 1. The molecule has 1 aromatic heterocycles. The third kappa shape index (κ3) is 3.15. The van der Waals surface area contributed by atoms with Gasteiger partial charge < -0.3 is 19.1 Å². The molecule has 2 aliphatic heterocycles. The Bertz CT molecular complexity index is 896. The molecule has 0 unspecified atom stereocenters. The third-order valence-electron chi connectivity index (χ3n) is 6.32. The van der Waals surface area contributed by atoms with E-state index in [1.54, 1.807) is 0 Å². The van der Waals surface area contributed by atoms with E-state index in [1.165, 1.54) is 0 Å². The van der Waals surface area contributed by atoms with E-state index in [1.807, 2.05) is 51.9 Å². The summed E-state index contributed by atoms with van der Waals surface area (Å²) in [6.45, 7) is 6.09. The van der Waals surface area contributed by atoms with Gasteiger partial charge in [-0.15, -0.1) is 0 Å². The lowest BCUT2D eigenvalue weighted by molar-refractivity contribution is 0.00312. The second-order valence-corrected chi connectivity index (χ2v) is 8.28. The highest BCUT2D eigenvalue weighted by atomic mass is 16.6. The molecule has 0 bridgehead atoms. The summed E-state index contributed by atoms with van der Waals surface area (Å²) in [4.78, 5) is 29.3. The summed E-state index contributed by atoms with van der Waals surface area (Å²) in [5.41, 5.74) is 1.37. The summed E-state index contributed by atoms with van der Waals surface area (Å²) in [6, 6.07) is 8.18. The summed E-state index contributed by atoms with van der Waals surface area (Å²) in [5.74, 6) is 0.0622. The van der Waals surface area contributed by atoms with Crippen molar-refractivity contribution in [3.63, 3.8) is 0 Å². The van der Waals surface area contributed by atoms with Crippen molar-refractivity contribution < 1.29 is 14.3 Å². The first-order chi connectivity index (χ1) is 13.4. The highest BCUT2D eigenvalue weighted by molar-refractivity contribution is 6.07. The number of rotatable bonds is 4. The molecule has 2 saturated heterocycles. The third-order valence-corrected chi connectivity index (χ3v) is 6.32. The van der Waals surface area contributed by atoms with Gasteiger partial charge in [0.25, 0.3) is 5.91 Å². The van der Waals surface area contributed by atoms with Crippen LogP contribution in [-0.2, 0) is 11.8 Å². The number of carbonyl (C=O) groups excluding carboxylic acids is 2. The Morgan fingerprint density at radius 1 is 1.25 bits per heavy atom. The maximum absolute atomic E-state index is 13.1. The number of aryl methyl sites for hydroxylation is 1. The Kier molecular flexibility index (Phi) is 4.81. The zero-order chi connectivity index (χ0) is 19.9. The molecule has 2 fully saturated rings. The number of fused-ring (bicyclic) bond motifs is 1. The number of para-hydroxylation sites is 1. The summed E-state index contributed by atoms with van der Waals surface area (Å²) in [7, 11) is 1.97. The van der Waals surface area contributed by atoms with Crippen LogP contribution in [0.25, 0.3) is 10.9 Å². The number of carbonyl (C=O) groups is 2. The van der Waals surface area contributed by atoms with Gasteiger partial charge in [0.05, 0.1) is 12.1 Å². The van der Waals surface area contributed by atoms with Gasteiger partial charge in [-0.1, -0.05) is 31.5 Å². The van der Waals surface area contributed by atoms with Crippen molar-refractivity contribution in [3.8, 4) is 0 Å². The number of nitrogens with zero attached hydrogens (tertiary/aromatic N) is 3. The average Bonchev–Trinajstić information content (AvgIpc) is 3.20. The SMILES string of the molecule is CCC[C@@H](C)N1CC2(CCN(C(=O)c3cn(C)c4ccccc34)CC2)OC1=O. The number of benzene rings is 1. The zero-order valence-corrected chi connectivity index (χ0v) is 17.0. The lowest BCUT2D eigenvalue weighted by Crippen LogP contribution is -2.49. The molecule has 4 rings (SSSR count). The van der Waals surface area contributed by atoms with E-state index in [2.05, 4.69) is 13.8 Å². The van der Waals surface area contributed by atoms with Crippen molar-refractivity contribution in [1.29, 1.82) is 0 Å². The molecule has 0 saturated carbocycles. The minimum absolute atomic E-state index is 0.0622. The smallest absolute Gasteiger partial charge is 0.410 e. The number of amides is 2. The monoisotopic (exact) mass is 383 g/mol. The van der Waals surface area contributed by atoms with Crippen LogP contribution in [0, 0.1) is 0 Å². The van der Waals surface area contributed by atoms with Gasteiger partial charge in [-0.2, -0.15) is 0 Å². The minimum atomic E-state index is -0.436. The van der Waals surface area contributed by atoms with Crippen LogP contribution in [0.5, 0.6) is 0 Å². The van der Waals surface area contributed by atoms with Gasteiger partial charge in [0, 0.05) is 56.1 Å². The molecule has 1 atom stereocenters. The molecule has 0 N–H and O–H groups in total. The fourth-order valence-electron chi connectivity index (χ4n) is 4.62. The van der Waals surface area contributed by atoms with Gasteiger partial charge in [0.2, 0.25) is 0 Å². The molecule has 0 radical (unpaired) electrons. The fraction of sp³-hybridized carbons (Fsp3) is 0.545. The van der Waals surface area contributed by atoms with Crippen LogP contribution >= 0.6 is 0 Å². The number of ether oxygens (including phenoxy) is 1. The Hall–Kier alpha value is -2.50. The van der Waals surface area contributed by atoms with Gasteiger partial charge in [-0.3, -0.25) is 4.79 Å².